The molecule has 0 saturated carbocycles. The molecule has 0 atom stereocenters. The van der Waals surface area contributed by atoms with E-state index in [1.807, 2.05) is 32.0 Å². The number of benzene rings is 1. The summed E-state index contributed by atoms with van der Waals surface area (Å²) in [5.41, 5.74) is 3.43. The number of aromatic nitrogens is 2. The Labute approximate surface area is 123 Å². The molecule has 2 rings (SSSR count). The van der Waals surface area contributed by atoms with Crippen LogP contribution >= 0.6 is 11.6 Å². The molecule has 0 fully saturated rings. The van der Waals surface area contributed by atoms with Gasteiger partial charge in [-0.05, 0) is 37.6 Å². The third-order valence-corrected chi connectivity index (χ3v) is 2.93. The first-order chi connectivity index (χ1) is 9.70. The molecule has 4 nitrogen and oxygen atoms in total. The Morgan fingerprint density at radius 2 is 2.15 bits per heavy atom. The molecule has 0 radical (unpaired) electrons. The van der Waals surface area contributed by atoms with Crippen LogP contribution in [0.15, 0.2) is 22.8 Å². The normalized spacial score (nSPS) is 9.95. The van der Waals surface area contributed by atoms with Crippen LogP contribution in [-0.4, -0.2) is 16.2 Å². The summed E-state index contributed by atoms with van der Waals surface area (Å²) in [6, 6.07) is 5.82. The van der Waals surface area contributed by atoms with Crippen LogP contribution in [0.1, 0.15) is 28.9 Å². The fraction of sp³-hybridized carbons (Fsp3) is 0.333. The van der Waals surface area contributed by atoms with Crippen LogP contribution < -0.4 is 4.74 Å². The molecule has 0 aliphatic heterocycles. The highest BCUT2D eigenvalue weighted by molar-refractivity contribution is 6.18. The number of halogens is 1. The van der Waals surface area contributed by atoms with Crippen LogP contribution in [0.5, 0.6) is 5.75 Å². The zero-order valence-corrected chi connectivity index (χ0v) is 12.2. The predicted molar refractivity (Wildman–Crippen MR) is 76.8 cm³/mol. The summed E-state index contributed by atoms with van der Waals surface area (Å²) in [6.45, 7) is 4.15. The van der Waals surface area contributed by atoms with Crippen LogP contribution in [0.25, 0.3) is 0 Å². The zero-order chi connectivity index (χ0) is 14.4. The second kappa shape index (κ2) is 6.97. The summed E-state index contributed by atoms with van der Waals surface area (Å²) in [4.78, 5) is 0. The average Bonchev–Trinajstić information content (AvgIpc) is 2.84. The minimum absolute atomic E-state index is 0.341. The smallest absolute Gasteiger partial charge is 0.145 e. The van der Waals surface area contributed by atoms with Crippen LogP contribution in [0.4, 0.5) is 0 Å². The number of ether oxygens (including phenoxy) is 1. The Bertz CT molecular complexity index is 641. The fourth-order valence-electron chi connectivity index (χ4n) is 1.63. The van der Waals surface area contributed by atoms with Gasteiger partial charge in [0.1, 0.15) is 23.7 Å². The van der Waals surface area contributed by atoms with Crippen molar-refractivity contribution in [1.29, 1.82) is 0 Å². The van der Waals surface area contributed by atoms with Crippen molar-refractivity contribution >= 4 is 11.6 Å². The third-order valence-electron chi connectivity index (χ3n) is 2.74. The first-order valence-electron chi connectivity index (χ1n) is 6.27. The molecule has 0 unspecified atom stereocenters. The fourth-order valence-corrected chi connectivity index (χ4v) is 1.72. The molecule has 104 valence electrons. The number of rotatable bonds is 4. The lowest BCUT2D eigenvalue weighted by Gasteiger charge is -2.07. The van der Waals surface area contributed by atoms with E-state index in [1.54, 1.807) is 0 Å². The standard InChI is InChI=1S/C15H15ClN2O2/c1-11-9-13(5-3-4-8-16)6-7-15(11)19-10-14-12(2)17-20-18-14/h6-7,9H,4,8,10H2,1-2H3. The Morgan fingerprint density at radius 1 is 1.30 bits per heavy atom. The van der Waals surface area contributed by atoms with Crippen molar-refractivity contribution in [3.63, 3.8) is 0 Å². The summed E-state index contributed by atoms with van der Waals surface area (Å²) in [7, 11) is 0. The highest BCUT2D eigenvalue weighted by Gasteiger charge is 2.07. The van der Waals surface area contributed by atoms with E-state index in [0.717, 1.165) is 22.6 Å². The van der Waals surface area contributed by atoms with Gasteiger partial charge in [-0.25, -0.2) is 4.63 Å². The Kier molecular flexibility index (Phi) is 5.03. The molecular formula is C15H15ClN2O2. The van der Waals surface area contributed by atoms with E-state index in [4.69, 9.17) is 16.3 Å². The van der Waals surface area contributed by atoms with Gasteiger partial charge in [-0.3, -0.25) is 0 Å². The van der Waals surface area contributed by atoms with Gasteiger partial charge in [0, 0.05) is 17.9 Å². The highest BCUT2D eigenvalue weighted by atomic mass is 35.5. The number of alkyl halides is 1. The van der Waals surface area contributed by atoms with E-state index < -0.39 is 0 Å². The molecule has 0 bridgehead atoms. The Balaban J connectivity index is 2.03. The maximum absolute atomic E-state index is 5.71. The highest BCUT2D eigenvalue weighted by Crippen LogP contribution is 2.20. The monoisotopic (exact) mass is 290 g/mol. The van der Waals surface area contributed by atoms with Gasteiger partial charge in [-0.15, -0.1) is 11.6 Å². The number of hydrogen-bond acceptors (Lipinski definition) is 4. The van der Waals surface area contributed by atoms with Crippen molar-refractivity contribution in [2.24, 2.45) is 0 Å². The summed E-state index contributed by atoms with van der Waals surface area (Å²) in [5, 5.41) is 7.49. The molecule has 0 aliphatic carbocycles. The number of aryl methyl sites for hydroxylation is 2. The van der Waals surface area contributed by atoms with Crippen molar-refractivity contribution < 1.29 is 9.37 Å². The number of nitrogens with zero attached hydrogens (tertiary/aromatic N) is 2. The SMILES string of the molecule is Cc1cc(C#CCCCl)ccc1OCc1nonc1C. The van der Waals surface area contributed by atoms with E-state index >= 15 is 0 Å². The van der Waals surface area contributed by atoms with Gasteiger partial charge in [0.2, 0.25) is 0 Å². The minimum atomic E-state index is 0.341. The van der Waals surface area contributed by atoms with E-state index in [2.05, 4.69) is 26.8 Å². The van der Waals surface area contributed by atoms with Crippen LogP contribution in [0.2, 0.25) is 0 Å². The zero-order valence-electron chi connectivity index (χ0n) is 11.4. The quantitative estimate of drug-likeness (QED) is 0.641. The van der Waals surface area contributed by atoms with Gasteiger partial charge in [0.25, 0.3) is 0 Å². The van der Waals surface area contributed by atoms with Crippen LogP contribution in [0, 0.1) is 25.7 Å². The molecule has 20 heavy (non-hydrogen) atoms. The van der Waals surface area contributed by atoms with E-state index in [1.165, 1.54) is 0 Å². The largest absolute Gasteiger partial charge is 0.487 e. The predicted octanol–water partition coefficient (Wildman–Crippen LogP) is 3.25. The van der Waals surface area contributed by atoms with E-state index in [0.29, 0.717) is 24.6 Å². The van der Waals surface area contributed by atoms with Gasteiger partial charge < -0.3 is 4.74 Å². The molecule has 2 aromatic rings. The van der Waals surface area contributed by atoms with Crippen molar-refractivity contribution in [1.82, 2.24) is 10.3 Å². The molecule has 0 saturated heterocycles. The van der Waals surface area contributed by atoms with E-state index in [9.17, 15) is 0 Å². The molecule has 0 aliphatic rings. The molecule has 5 heteroatoms. The summed E-state index contributed by atoms with van der Waals surface area (Å²) >= 11 is 5.59. The molecule has 1 heterocycles. The first-order valence-corrected chi connectivity index (χ1v) is 6.80. The van der Waals surface area contributed by atoms with Gasteiger partial charge in [0.05, 0.1) is 0 Å². The molecule has 1 aromatic carbocycles. The average molecular weight is 291 g/mol. The van der Waals surface area contributed by atoms with Gasteiger partial charge >= 0.3 is 0 Å². The van der Waals surface area contributed by atoms with Crippen LogP contribution in [-0.2, 0) is 6.61 Å². The second-order valence-electron chi connectivity index (χ2n) is 4.31. The van der Waals surface area contributed by atoms with Crippen molar-refractivity contribution in [2.45, 2.75) is 26.9 Å². The minimum Gasteiger partial charge on any atom is -0.487 e. The maximum atomic E-state index is 5.71. The summed E-state index contributed by atoms with van der Waals surface area (Å²) in [6.07, 6.45) is 0.692. The van der Waals surface area contributed by atoms with Gasteiger partial charge in [-0.2, -0.15) is 0 Å². The first kappa shape index (κ1) is 14.4. The molecule has 0 amide bonds. The summed E-state index contributed by atoms with van der Waals surface area (Å²) in [5.74, 6) is 7.43. The lowest BCUT2D eigenvalue weighted by Crippen LogP contribution is -1.99. The number of hydrogen-bond donors (Lipinski definition) is 0. The van der Waals surface area contributed by atoms with Crippen molar-refractivity contribution in [3.8, 4) is 17.6 Å². The van der Waals surface area contributed by atoms with Gasteiger partial charge in [-0.1, -0.05) is 22.2 Å². The Morgan fingerprint density at radius 3 is 2.80 bits per heavy atom. The lowest BCUT2D eigenvalue weighted by molar-refractivity contribution is 0.269. The van der Waals surface area contributed by atoms with Crippen molar-refractivity contribution in [3.05, 3.63) is 40.7 Å². The topological polar surface area (TPSA) is 48.2 Å². The van der Waals surface area contributed by atoms with E-state index in [-0.39, 0.29) is 0 Å². The molecule has 0 N–H and O–H groups in total. The molecule has 0 spiro atoms. The Hall–Kier alpha value is -1.99. The molecule has 1 aromatic heterocycles. The second-order valence-corrected chi connectivity index (χ2v) is 4.68. The summed E-state index contributed by atoms with van der Waals surface area (Å²) < 4.78 is 10.3. The van der Waals surface area contributed by atoms with Gasteiger partial charge in [0.15, 0.2) is 0 Å². The van der Waals surface area contributed by atoms with Crippen molar-refractivity contribution in [2.75, 3.05) is 5.88 Å². The maximum Gasteiger partial charge on any atom is 0.145 e. The van der Waals surface area contributed by atoms with Crippen LogP contribution in [0.3, 0.4) is 0 Å². The molecular weight excluding hydrogens is 276 g/mol. The third kappa shape index (κ3) is 3.75. The lowest BCUT2D eigenvalue weighted by atomic mass is 10.1.